The molecule has 236 valence electrons. The Bertz CT molecular complexity index is 1340. The van der Waals surface area contributed by atoms with Crippen molar-refractivity contribution in [3.05, 3.63) is 77.9 Å². The molecule has 1 spiro atoms. The van der Waals surface area contributed by atoms with Gasteiger partial charge in [0, 0.05) is 56.5 Å². The van der Waals surface area contributed by atoms with E-state index in [1.807, 2.05) is 24.5 Å². The van der Waals surface area contributed by atoms with E-state index in [1.165, 1.54) is 83.6 Å². The summed E-state index contributed by atoms with van der Waals surface area (Å²) in [5, 5.41) is 8.91. The zero-order valence-electron chi connectivity index (χ0n) is 26.1. The number of aromatic nitrogens is 4. The standard InChI is InChI=1S/C35H49N7O2/c43-34(44)12-11-29-7-9-30(10-8-29)25-40(26-32-36-16-17-37-32)27-33-38-18-24-42(33)20-4-19-39-21-13-35(28-39)14-22-41(23-15-35)31-5-2-1-3-6-31/h7-12,16-18,24,31H,1-6,13-15,19-23,25-28H2,(H,36,37)(H,43,44)/b12-11+. The second-order valence-corrected chi connectivity index (χ2v) is 13.3. The van der Waals surface area contributed by atoms with Crippen LogP contribution in [0, 0.1) is 5.41 Å². The van der Waals surface area contributed by atoms with Gasteiger partial charge in [-0.25, -0.2) is 14.8 Å². The minimum absolute atomic E-state index is 0.558. The van der Waals surface area contributed by atoms with E-state index < -0.39 is 5.97 Å². The zero-order valence-corrected chi connectivity index (χ0v) is 26.1. The van der Waals surface area contributed by atoms with Crippen LogP contribution in [-0.2, 0) is 31.0 Å². The molecule has 3 fully saturated rings. The Kier molecular flexibility index (Phi) is 10.3. The minimum Gasteiger partial charge on any atom is -0.478 e. The average molecular weight is 600 g/mol. The van der Waals surface area contributed by atoms with E-state index in [4.69, 9.17) is 10.1 Å². The molecule has 1 aliphatic carbocycles. The van der Waals surface area contributed by atoms with E-state index >= 15 is 0 Å². The number of benzene rings is 1. The van der Waals surface area contributed by atoms with Gasteiger partial charge in [-0.1, -0.05) is 43.5 Å². The summed E-state index contributed by atoms with van der Waals surface area (Å²) in [6, 6.07) is 8.91. The lowest BCUT2D eigenvalue weighted by atomic mass is 9.77. The molecule has 2 aliphatic heterocycles. The van der Waals surface area contributed by atoms with Crippen molar-refractivity contribution in [2.75, 3.05) is 32.7 Å². The van der Waals surface area contributed by atoms with E-state index in [2.05, 4.69) is 47.6 Å². The molecule has 3 aliphatic rings. The zero-order chi connectivity index (χ0) is 30.2. The summed E-state index contributed by atoms with van der Waals surface area (Å²) in [5.74, 6) is 1.06. The third kappa shape index (κ3) is 8.25. The number of nitrogens with one attached hydrogen (secondary N) is 1. The fourth-order valence-corrected chi connectivity index (χ4v) is 7.72. The molecule has 0 amide bonds. The molecule has 0 unspecified atom stereocenters. The van der Waals surface area contributed by atoms with Gasteiger partial charge in [-0.2, -0.15) is 0 Å². The second kappa shape index (κ2) is 14.7. The van der Waals surface area contributed by atoms with Crippen LogP contribution in [0.4, 0.5) is 0 Å². The summed E-state index contributed by atoms with van der Waals surface area (Å²) in [6.07, 6.45) is 22.9. The number of likely N-dealkylation sites (tertiary alicyclic amines) is 2. The van der Waals surface area contributed by atoms with Crippen LogP contribution in [0.1, 0.15) is 80.6 Å². The van der Waals surface area contributed by atoms with Gasteiger partial charge in [-0.05, 0) is 87.3 Å². The number of piperidine rings is 1. The van der Waals surface area contributed by atoms with E-state index in [0.29, 0.717) is 12.0 Å². The molecule has 0 atom stereocenters. The van der Waals surface area contributed by atoms with Crippen molar-refractivity contribution in [3.8, 4) is 0 Å². The highest BCUT2D eigenvalue weighted by Crippen LogP contribution is 2.41. The average Bonchev–Trinajstić information content (AvgIpc) is 3.81. The number of imidazole rings is 2. The van der Waals surface area contributed by atoms with E-state index in [1.54, 1.807) is 12.3 Å². The van der Waals surface area contributed by atoms with E-state index in [-0.39, 0.29) is 0 Å². The highest BCUT2D eigenvalue weighted by molar-refractivity contribution is 5.85. The molecular formula is C35H49N7O2. The number of rotatable bonds is 13. The van der Waals surface area contributed by atoms with Crippen LogP contribution in [0.2, 0.25) is 0 Å². The highest BCUT2D eigenvalue weighted by Gasteiger charge is 2.41. The minimum atomic E-state index is -0.941. The summed E-state index contributed by atoms with van der Waals surface area (Å²) < 4.78 is 2.32. The fraction of sp³-hybridized carbons (Fsp3) is 0.571. The van der Waals surface area contributed by atoms with E-state index in [9.17, 15) is 4.79 Å². The summed E-state index contributed by atoms with van der Waals surface area (Å²) in [4.78, 5) is 31.2. The second-order valence-electron chi connectivity index (χ2n) is 13.3. The smallest absolute Gasteiger partial charge is 0.328 e. The van der Waals surface area contributed by atoms with Gasteiger partial charge in [0.25, 0.3) is 0 Å². The van der Waals surface area contributed by atoms with Gasteiger partial charge in [0.2, 0.25) is 0 Å². The lowest BCUT2D eigenvalue weighted by Crippen LogP contribution is -2.46. The quantitative estimate of drug-likeness (QED) is 0.254. The molecule has 9 heteroatoms. The van der Waals surface area contributed by atoms with Gasteiger partial charge < -0.3 is 24.5 Å². The van der Waals surface area contributed by atoms with Crippen LogP contribution in [-0.4, -0.2) is 84.1 Å². The Morgan fingerprint density at radius 1 is 0.977 bits per heavy atom. The SMILES string of the molecule is O=C(O)/C=C/c1ccc(CN(Cc2ncc[nH]2)Cc2nccn2CCCN2CCC3(CCN(C4CCCCC4)CC3)C2)cc1. The first-order valence-corrected chi connectivity index (χ1v) is 16.7. The first-order chi connectivity index (χ1) is 21.5. The molecule has 2 N–H and O–H groups in total. The number of nitrogens with zero attached hydrogens (tertiary/aromatic N) is 6. The number of aryl methyl sites for hydroxylation is 1. The monoisotopic (exact) mass is 599 g/mol. The first-order valence-electron chi connectivity index (χ1n) is 16.7. The molecule has 2 aromatic heterocycles. The van der Waals surface area contributed by atoms with Crippen LogP contribution < -0.4 is 0 Å². The predicted octanol–water partition coefficient (Wildman–Crippen LogP) is 5.42. The summed E-state index contributed by atoms with van der Waals surface area (Å²) >= 11 is 0. The number of carbonyl (C=O) groups is 1. The van der Waals surface area contributed by atoms with Crippen LogP contribution in [0.5, 0.6) is 0 Å². The van der Waals surface area contributed by atoms with Crippen molar-refractivity contribution < 1.29 is 9.90 Å². The maximum Gasteiger partial charge on any atom is 0.328 e. The number of hydrogen-bond donors (Lipinski definition) is 2. The van der Waals surface area contributed by atoms with Gasteiger partial charge in [-0.15, -0.1) is 0 Å². The van der Waals surface area contributed by atoms with Crippen molar-refractivity contribution >= 4 is 12.0 Å². The lowest BCUT2D eigenvalue weighted by molar-refractivity contribution is -0.131. The Morgan fingerprint density at radius 3 is 2.52 bits per heavy atom. The molecule has 1 saturated carbocycles. The maximum atomic E-state index is 10.9. The summed E-state index contributed by atoms with van der Waals surface area (Å²) in [6.45, 7) is 9.45. The van der Waals surface area contributed by atoms with Gasteiger partial charge >= 0.3 is 5.97 Å². The molecule has 4 heterocycles. The molecule has 6 rings (SSSR count). The Labute approximate surface area is 262 Å². The first kappa shape index (κ1) is 30.7. The van der Waals surface area contributed by atoms with Gasteiger partial charge in [0.15, 0.2) is 0 Å². The van der Waals surface area contributed by atoms with Gasteiger partial charge in [0.05, 0.1) is 13.1 Å². The van der Waals surface area contributed by atoms with E-state index in [0.717, 1.165) is 61.4 Å². The molecular weight excluding hydrogens is 550 g/mol. The summed E-state index contributed by atoms with van der Waals surface area (Å²) in [5.41, 5.74) is 2.59. The van der Waals surface area contributed by atoms with Gasteiger partial charge in [-0.3, -0.25) is 4.90 Å². The Hall–Kier alpha value is -3.27. The fourth-order valence-electron chi connectivity index (χ4n) is 7.72. The molecule has 0 bridgehead atoms. The lowest BCUT2D eigenvalue weighted by Gasteiger charge is -2.44. The third-order valence-corrected chi connectivity index (χ3v) is 10.2. The van der Waals surface area contributed by atoms with Crippen molar-refractivity contribution in [3.63, 3.8) is 0 Å². The number of carboxylic acids is 1. The number of hydrogen-bond acceptors (Lipinski definition) is 6. The molecule has 9 nitrogen and oxygen atoms in total. The van der Waals surface area contributed by atoms with Crippen LogP contribution >= 0.6 is 0 Å². The van der Waals surface area contributed by atoms with Gasteiger partial charge in [0.1, 0.15) is 11.6 Å². The topological polar surface area (TPSA) is 93.5 Å². The van der Waals surface area contributed by atoms with Crippen LogP contribution in [0.3, 0.4) is 0 Å². The normalized spacial score (nSPS) is 19.9. The van der Waals surface area contributed by atoms with Crippen molar-refractivity contribution in [1.29, 1.82) is 0 Å². The van der Waals surface area contributed by atoms with Crippen molar-refractivity contribution in [2.24, 2.45) is 5.41 Å². The third-order valence-electron chi connectivity index (χ3n) is 10.2. The summed E-state index contributed by atoms with van der Waals surface area (Å²) in [7, 11) is 0. The predicted molar refractivity (Wildman–Crippen MR) is 173 cm³/mol. The number of H-pyrrole nitrogens is 1. The maximum absolute atomic E-state index is 10.9. The van der Waals surface area contributed by atoms with Crippen LogP contribution in [0.15, 0.2) is 55.1 Å². The van der Waals surface area contributed by atoms with Crippen molar-refractivity contribution in [2.45, 2.75) is 90.0 Å². The van der Waals surface area contributed by atoms with Crippen LogP contribution in [0.25, 0.3) is 6.08 Å². The highest BCUT2D eigenvalue weighted by atomic mass is 16.4. The van der Waals surface area contributed by atoms with Crippen molar-refractivity contribution in [1.82, 2.24) is 34.2 Å². The molecule has 44 heavy (non-hydrogen) atoms. The molecule has 2 saturated heterocycles. The number of aromatic amines is 1. The molecule has 3 aromatic rings. The Balaban J connectivity index is 0.996. The molecule has 0 radical (unpaired) electrons. The molecule has 1 aromatic carbocycles. The largest absolute Gasteiger partial charge is 0.478 e. The number of aliphatic carboxylic acids is 1. The Morgan fingerprint density at radius 2 is 1.77 bits per heavy atom. The number of carboxylic acid groups (broad SMARTS) is 1.